The Hall–Kier alpha value is -0.610. The molecule has 1 N–H and O–H groups in total. The quantitative estimate of drug-likeness (QED) is 0.796. The van der Waals surface area contributed by atoms with Crippen molar-refractivity contribution < 1.29 is 4.79 Å². The normalized spacial score (nSPS) is 22.6. The molecule has 0 atom stereocenters. The van der Waals surface area contributed by atoms with Crippen LogP contribution in [0.4, 0.5) is 0 Å². The van der Waals surface area contributed by atoms with Crippen LogP contribution in [0.2, 0.25) is 0 Å². The number of nitrogens with zero attached hydrogens (tertiary/aromatic N) is 2. The zero-order chi connectivity index (χ0) is 12.8. The van der Waals surface area contributed by atoms with E-state index in [2.05, 4.69) is 17.1 Å². The zero-order valence-corrected chi connectivity index (χ0v) is 11.7. The van der Waals surface area contributed by atoms with Gasteiger partial charge in [0.2, 0.25) is 5.91 Å². The van der Waals surface area contributed by atoms with E-state index in [-0.39, 0.29) is 0 Å². The Morgan fingerprint density at radius 2 is 1.83 bits per heavy atom. The molecular weight excluding hydrogens is 226 g/mol. The third-order valence-electron chi connectivity index (χ3n) is 4.27. The predicted molar refractivity (Wildman–Crippen MR) is 73.6 cm³/mol. The molecule has 2 fully saturated rings. The van der Waals surface area contributed by atoms with Gasteiger partial charge in [0.15, 0.2) is 0 Å². The lowest BCUT2D eigenvalue weighted by Crippen LogP contribution is -2.43. The minimum absolute atomic E-state index is 0.339. The van der Waals surface area contributed by atoms with Crippen LogP contribution < -0.4 is 5.32 Å². The second-order valence-corrected chi connectivity index (χ2v) is 5.50. The van der Waals surface area contributed by atoms with E-state index in [1.54, 1.807) is 0 Å². The van der Waals surface area contributed by atoms with E-state index in [1.165, 1.54) is 45.3 Å². The highest BCUT2D eigenvalue weighted by Gasteiger charge is 2.19. The van der Waals surface area contributed by atoms with E-state index >= 15 is 0 Å². The van der Waals surface area contributed by atoms with Gasteiger partial charge in [-0.3, -0.25) is 4.79 Å². The van der Waals surface area contributed by atoms with Gasteiger partial charge >= 0.3 is 0 Å². The SMILES string of the molecule is CCN1CCC(NCCC(=O)N2CCCC2)CC1. The van der Waals surface area contributed by atoms with Gasteiger partial charge < -0.3 is 15.1 Å². The molecule has 1 amide bonds. The molecule has 2 saturated heterocycles. The van der Waals surface area contributed by atoms with Gasteiger partial charge in [0, 0.05) is 32.1 Å². The molecule has 2 rings (SSSR count). The predicted octanol–water partition coefficient (Wildman–Crippen LogP) is 1.07. The summed E-state index contributed by atoms with van der Waals surface area (Å²) in [5, 5.41) is 3.55. The molecule has 0 unspecified atom stereocenters. The lowest BCUT2D eigenvalue weighted by molar-refractivity contribution is -0.130. The number of carbonyl (C=O) groups excluding carboxylic acids is 1. The number of likely N-dealkylation sites (tertiary alicyclic amines) is 2. The fourth-order valence-corrected chi connectivity index (χ4v) is 2.96. The highest BCUT2D eigenvalue weighted by Crippen LogP contribution is 2.11. The number of hydrogen-bond acceptors (Lipinski definition) is 3. The highest BCUT2D eigenvalue weighted by atomic mass is 16.2. The summed E-state index contributed by atoms with van der Waals surface area (Å²) in [5.74, 6) is 0.339. The lowest BCUT2D eigenvalue weighted by Gasteiger charge is -2.31. The minimum Gasteiger partial charge on any atom is -0.343 e. The van der Waals surface area contributed by atoms with Crippen molar-refractivity contribution in [3.63, 3.8) is 0 Å². The van der Waals surface area contributed by atoms with E-state index in [9.17, 15) is 4.79 Å². The molecule has 0 aromatic heterocycles. The first-order valence-electron chi connectivity index (χ1n) is 7.53. The van der Waals surface area contributed by atoms with Gasteiger partial charge in [-0.25, -0.2) is 0 Å². The second-order valence-electron chi connectivity index (χ2n) is 5.50. The number of rotatable bonds is 5. The van der Waals surface area contributed by atoms with Crippen LogP contribution in [0.15, 0.2) is 0 Å². The van der Waals surface area contributed by atoms with Crippen LogP contribution in [0.25, 0.3) is 0 Å². The lowest BCUT2D eigenvalue weighted by atomic mass is 10.1. The molecule has 18 heavy (non-hydrogen) atoms. The van der Waals surface area contributed by atoms with Crippen molar-refractivity contribution in [3.8, 4) is 0 Å². The number of carbonyl (C=O) groups is 1. The highest BCUT2D eigenvalue weighted by molar-refractivity contribution is 5.76. The molecule has 0 spiro atoms. The van der Waals surface area contributed by atoms with Gasteiger partial charge in [0.05, 0.1) is 0 Å². The fraction of sp³-hybridized carbons (Fsp3) is 0.929. The number of hydrogen-bond donors (Lipinski definition) is 1. The second kappa shape index (κ2) is 7.10. The van der Waals surface area contributed by atoms with E-state index < -0.39 is 0 Å². The van der Waals surface area contributed by atoms with E-state index in [0.717, 1.165) is 19.6 Å². The van der Waals surface area contributed by atoms with Gasteiger partial charge in [0.1, 0.15) is 0 Å². The van der Waals surface area contributed by atoms with Gasteiger partial charge in [-0.1, -0.05) is 6.92 Å². The van der Waals surface area contributed by atoms with Crippen LogP contribution in [0.5, 0.6) is 0 Å². The van der Waals surface area contributed by atoms with Crippen molar-refractivity contribution in [2.24, 2.45) is 0 Å². The Bertz CT molecular complexity index is 256. The summed E-state index contributed by atoms with van der Waals surface area (Å²) >= 11 is 0. The summed E-state index contributed by atoms with van der Waals surface area (Å²) in [4.78, 5) is 16.4. The summed E-state index contributed by atoms with van der Waals surface area (Å²) < 4.78 is 0. The fourth-order valence-electron chi connectivity index (χ4n) is 2.96. The van der Waals surface area contributed by atoms with Gasteiger partial charge in [-0.2, -0.15) is 0 Å². The number of piperidine rings is 1. The first-order chi connectivity index (χ1) is 8.79. The molecular formula is C14H27N3O. The Kier molecular flexibility index (Phi) is 5.45. The maximum atomic E-state index is 11.9. The molecule has 0 bridgehead atoms. The molecule has 0 aliphatic carbocycles. The number of amides is 1. The van der Waals surface area contributed by atoms with E-state index in [0.29, 0.717) is 18.4 Å². The third-order valence-corrected chi connectivity index (χ3v) is 4.27. The summed E-state index contributed by atoms with van der Waals surface area (Å²) in [6, 6.07) is 0.624. The van der Waals surface area contributed by atoms with Crippen molar-refractivity contribution in [2.45, 2.75) is 45.1 Å². The molecule has 4 heteroatoms. The zero-order valence-electron chi connectivity index (χ0n) is 11.7. The van der Waals surface area contributed by atoms with Crippen LogP contribution in [-0.2, 0) is 4.79 Å². The van der Waals surface area contributed by atoms with Gasteiger partial charge in [-0.05, 0) is 45.3 Å². The van der Waals surface area contributed by atoms with Gasteiger partial charge in [0.25, 0.3) is 0 Å². The Balaban J connectivity index is 1.56. The van der Waals surface area contributed by atoms with Crippen molar-refractivity contribution in [1.29, 1.82) is 0 Å². The molecule has 0 aromatic carbocycles. The topological polar surface area (TPSA) is 35.6 Å². The van der Waals surface area contributed by atoms with E-state index in [4.69, 9.17) is 0 Å². The monoisotopic (exact) mass is 253 g/mol. The maximum absolute atomic E-state index is 11.9. The van der Waals surface area contributed by atoms with Crippen LogP contribution in [0.1, 0.15) is 39.0 Å². The summed E-state index contributed by atoms with van der Waals surface area (Å²) in [5.41, 5.74) is 0. The van der Waals surface area contributed by atoms with Crippen molar-refractivity contribution in [1.82, 2.24) is 15.1 Å². The average Bonchev–Trinajstić information content (AvgIpc) is 2.93. The Morgan fingerprint density at radius 3 is 2.44 bits per heavy atom. The van der Waals surface area contributed by atoms with Crippen LogP contribution in [0, 0.1) is 0 Å². The number of nitrogens with one attached hydrogen (secondary N) is 1. The first kappa shape index (κ1) is 13.8. The van der Waals surface area contributed by atoms with Gasteiger partial charge in [-0.15, -0.1) is 0 Å². The molecule has 104 valence electrons. The Labute approximate surface area is 111 Å². The van der Waals surface area contributed by atoms with Crippen LogP contribution in [0.3, 0.4) is 0 Å². The van der Waals surface area contributed by atoms with E-state index in [1.807, 2.05) is 4.90 Å². The Morgan fingerprint density at radius 1 is 1.17 bits per heavy atom. The summed E-state index contributed by atoms with van der Waals surface area (Å²) in [7, 11) is 0. The molecule has 2 aliphatic rings. The van der Waals surface area contributed by atoms with Crippen LogP contribution in [-0.4, -0.2) is 61.0 Å². The molecule has 2 aliphatic heterocycles. The first-order valence-corrected chi connectivity index (χ1v) is 7.53. The molecule has 0 aromatic rings. The maximum Gasteiger partial charge on any atom is 0.223 e. The third kappa shape index (κ3) is 3.95. The van der Waals surface area contributed by atoms with Crippen molar-refractivity contribution in [2.75, 3.05) is 39.3 Å². The van der Waals surface area contributed by atoms with Crippen molar-refractivity contribution >= 4 is 5.91 Å². The standard InChI is InChI=1S/C14H27N3O/c1-2-16-11-6-13(7-12-16)15-8-5-14(18)17-9-3-4-10-17/h13,15H,2-12H2,1H3. The molecule has 0 saturated carbocycles. The molecule has 4 nitrogen and oxygen atoms in total. The summed E-state index contributed by atoms with van der Waals surface area (Å²) in [6.07, 6.45) is 5.51. The minimum atomic E-state index is 0.339. The largest absolute Gasteiger partial charge is 0.343 e. The smallest absolute Gasteiger partial charge is 0.223 e. The van der Waals surface area contributed by atoms with Crippen molar-refractivity contribution in [3.05, 3.63) is 0 Å². The molecule has 0 radical (unpaired) electrons. The average molecular weight is 253 g/mol. The van der Waals surface area contributed by atoms with Crippen LogP contribution >= 0.6 is 0 Å². The summed E-state index contributed by atoms with van der Waals surface area (Å²) in [6.45, 7) is 8.61. The molecule has 2 heterocycles.